The van der Waals surface area contributed by atoms with E-state index in [4.69, 9.17) is 14.2 Å². The van der Waals surface area contributed by atoms with Crippen molar-refractivity contribution in [1.82, 2.24) is 0 Å². The van der Waals surface area contributed by atoms with Gasteiger partial charge in [-0.15, -0.1) is 0 Å². The lowest BCUT2D eigenvalue weighted by atomic mass is 9.65. The van der Waals surface area contributed by atoms with E-state index in [0.29, 0.717) is 6.61 Å². The summed E-state index contributed by atoms with van der Waals surface area (Å²) in [6.07, 6.45) is 11.6. The Balaban J connectivity index is 2.13. The van der Waals surface area contributed by atoms with Crippen LogP contribution >= 0.6 is 0 Å². The van der Waals surface area contributed by atoms with Gasteiger partial charge in [0.05, 0.1) is 0 Å². The van der Waals surface area contributed by atoms with E-state index in [2.05, 4.69) is 42.5 Å². The minimum Gasteiger partial charge on any atom is -0.372 e. The second kappa shape index (κ2) is 7.86. The predicted molar refractivity (Wildman–Crippen MR) is 101 cm³/mol. The Morgan fingerprint density at radius 3 is 2.32 bits per heavy atom. The molecule has 0 aliphatic heterocycles. The first-order valence-electron chi connectivity index (χ1n) is 9.38. The fraction of sp³-hybridized carbons (Fsp3) is 0.545. The van der Waals surface area contributed by atoms with Crippen LogP contribution in [0.5, 0.6) is 0 Å². The third-order valence-electron chi connectivity index (χ3n) is 5.75. The molecule has 3 unspecified atom stereocenters. The minimum absolute atomic E-state index is 0.190. The fourth-order valence-corrected chi connectivity index (χ4v) is 4.58. The second-order valence-electron chi connectivity index (χ2n) is 6.88. The molecule has 1 saturated carbocycles. The molecule has 2 aliphatic rings. The van der Waals surface area contributed by atoms with Crippen molar-refractivity contribution in [3.63, 3.8) is 0 Å². The quantitative estimate of drug-likeness (QED) is 0.745. The Kier molecular flexibility index (Phi) is 5.78. The summed E-state index contributed by atoms with van der Waals surface area (Å²) in [5, 5.41) is 0. The van der Waals surface area contributed by atoms with Gasteiger partial charge in [-0.2, -0.15) is 0 Å². The zero-order valence-corrected chi connectivity index (χ0v) is 15.7. The van der Waals surface area contributed by atoms with E-state index >= 15 is 0 Å². The van der Waals surface area contributed by atoms with Crippen LogP contribution in [0.25, 0.3) is 0 Å². The summed E-state index contributed by atoms with van der Waals surface area (Å²) in [5.41, 5.74) is 1.42. The van der Waals surface area contributed by atoms with Gasteiger partial charge in [0.15, 0.2) is 0 Å². The van der Waals surface area contributed by atoms with E-state index < -0.39 is 11.2 Å². The Morgan fingerprint density at radius 2 is 1.72 bits per heavy atom. The van der Waals surface area contributed by atoms with Gasteiger partial charge >= 0.3 is 0 Å². The molecule has 0 heterocycles. The molecule has 0 saturated heterocycles. The van der Waals surface area contributed by atoms with Crippen molar-refractivity contribution in [3.8, 4) is 0 Å². The molecule has 1 fully saturated rings. The van der Waals surface area contributed by atoms with Crippen LogP contribution in [0.3, 0.4) is 0 Å². The van der Waals surface area contributed by atoms with E-state index in [9.17, 15) is 0 Å². The Hall–Kier alpha value is -1.42. The van der Waals surface area contributed by atoms with Crippen LogP contribution in [0.15, 0.2) is 54.1 Å². The average molecular weight is 342 g/mol. The Morgan fingerprint density at radius 1 is 1.00 bits per heavy atom. The van der Waals surface area contributed by atoms with Crippen molar-refractivity contribution >= 4 is 0 Å². The van der Waals surface area contributed by atoms with Gasteiger partial charge in [-0.1, -0.05) is 48.6 Å². The zero-order valence-electron chi connectivity index (χ0n) is 15.7. The fourth-order valence-electron chi connectivity index (χ4n) is 4.58. The monoisotopic (exact) mass is 342 g/mol. The zero-order chi connectivity index (χ0) is 17.8. The summed E-state index contributed by atoms with van der Waals surface area (Å²) < 4.78 is 18.8. The van der Waals surface area contributed by atoms with Gasteiger partial charge in [0.25, 0.3) is 0 Å². The van der Waals surface area contributed by atoms with Gasteiger partial charge in [-0.05, 0) is 50.2 Å². The van der Waals surface area contributed by atoms with Gasteiger partial charge in [-0.25, -0.2) is 0 Å². The molecule has 3 atom stereocenters. The van der Waals surface area contributed by atoms with Gasteiger partial charge in [-0.3, -0.25) is 0 Å². The number of allylic oxidation sites excluding steroid dienone is 2. The first-order chi connectivity index (χ1) is 12.2. The third kappa shape index (κ3) is 3.10. The number of benzene rings is 1. The number of hydrogen-bond donors (Lipinski definition) is 0. The number of methoxy groups -OCH3 is 2. The topological polar surface area (TPSA) is 27.7 Å². The van der Waals surface area contributed by atoms with E-state index in [0.717, 1.165) is 37.7 Å². The standard InChI is InChI=1S/C22H30O3/c1-4-25-20-21(23-2,18-12-7-5-8-13-18)16-11-17-22(20,24-3)19-14-9-6-10-15-19/h5,7-9,12-15,20H,4,6,10-11,16-17H2,1-3H3. The summed E-state index contributed by atoms with van der Waals surface area (Å²) in [6.45, 7) is 2.68. The van der Waals surface area contributed by atoms with Gasteiger partial charge in [0, 0.05) is 20.8 Å². The maximum absolute atomic E-state index is 6.38. The van der Waals surface area contributed by atoms with E-state index in [1.54, 1.807) is 7.11 Å². The minimum atomic E-state index is -0.502. The number of hydrogen-bond acceptors (Lipinski definition) is 3. The van der Waals surface area contributed by atoms with Crippen LogP contribution in [-0.4, -0.2) is 32.5 Å². The first kappa shape index (κ1) is 18.4. The maximum Gasteiger partial charge on any atom is 0.124 e. The number of ether oxygens (including phenoxy) is 3. The van der Waals surface area contributed by atoms with Crippen molar-refractivity contribution in [2.75, 3.05) is 20.8 Å². The third-order valence-corrected chi connectivity index (χ3v) is 5.75. The van der Waals surface area contributed by atoms with Crippen molar-refractivity contribution in [2.24, 2.45) is 0 Å². The molecule has 0 bridgehead atoms. The van der Waals surface area contributed by atoms with Crippen LogP contribution < -0.4 is 0 Å². The molecular weight excluding hydrogens is 312 g/mol. The van der Waals surface area contributed by atoms with Crippen LogP contribution in [0.1, 0.15) is 44.6 Å². The summed E-state index contributed by atoms with van der Waals surface area (Å²) in [5.74, 6) is 0. The summed E-state index contributed by atoms with van der Waals surface area (Å²) >= 11 is 0. The van der Waals surface area contributed by atoms with Crippen LogP contribution in [0.2, 0.25) is 0 Å². The lowest BCUT2D eigenvalue weighted by Crippen LogP contribution is -2.61. The molecular formula is C22H30O3. The molecule has 0 N–H and O–H groups in total. The second-order valence-corrected chi connectivity index (χ2v) is 6.88. The van der Waals surface area contributed by atoms with Crippen LogP contribution in [0, 0.1) is 0 Å². The van der Waals surface area contributed by atoms with Crippen molar-refractivity contribution in [1.29, 1.82) is 0 Å². The first-order valence-corrected chi connectivity index (χ1v) is 9.38. The highest BCUT2D eigenvalue weighted by Crippen LogP contribution is 2.51. The molecule has 3 rings (SSSR count). The molecule has 25 heavy (non-hydrogen) atoms. The predicted octanol–water partition coefficient (Wildman–Crippen LogP) is 4.78. The van der Waals surface area contributed by atoms with Crippen molar-refractivity contribution in [2.45, 2.75) is 56.3 Å². The maximum atomic E-state index is 6.38. The Bertz CT molecular complexity index is 621. The number of rotatable bonds is 6. The molecule has 0 spiro atoms. The summed E-state index contributed by atoms with van der Waals surface area (Å²) in [6, 6.07) is 10.5. The normalized spacial score (nSPS) is 32.4. The molecule has 0 amide bonds. The molecule has 2 aliphatic carbocycles. The average Bonchev–Trinajstić information content (AvgIpc) is 2.70. The Labute approximate surface area is 151 Å². The van der Waals surface area contributed by atoms with Crippen molar-refractivity contribution < 1.29 is 14.2 Å². The highest BCUT2D eigenvalue weighted by Gasteiger charge is 2.57. The van der Waals surface area contributed by atoms with Gasteiger partial charge in [0.2, 0.25) is 0 Å². The van der Waals surface area contributed by atoms with E-state index in [-0.39, 0.29) is 6.10 Å². The molecule has 1 aromatic rings. The van der Waals surface area contributed by atoms with Gasteiger partial charge in [0.1, 0.15) is 17.3 Å². The van der Waals surface area contributed by atoms with Crippen LogP contribution in [0.4, 0.5) is 0 Å². The molecule has 3 heteroatoms. The highest BCUT2D eigenvalue weighted by molar-refractivity contribution is 5.38. The smallest absolute Gasteiger partial charge is 0.124 e. The van der Waals surface area contributed by atoms with Crippen molar-refractivity contribution in [3.05, 3.63) is 59.7 Å². The van der Waals surface area contributed by atoms with E-state index in [1.807, 2.05) is 20.1 Å². The van der Waals surface area contributed by atoms with Crippen LogP contribution in [-0.2, 0) is 19.8 Å². The molecule has 0 radical (unpaired) electrons. The molecule has 1 aromatic carbocycles. The SMILES string of the molecule is CCOC1C(OC)(C2=CCCC=C2)CCCC1(OC)c1ccccc1. The lowest BCUT2D eigenvalue weighted by Gasteiger charge is -2.53. The highest BCUT2D eigenvalue weighted by atomic mass is 16.6. The van der Waals surface area contributed by atoms with Gasteiger partial charge < -0.3 is 14.2 Å². The summed E-state index contributed by atoms with van der Waals surface area (Å²) in [4.78, 5) is 0. The van der Waals surface area contributed by atoms with E-state index in [1.165, 1.54) is 5.57 Å². The summed E-state index contributed by atoms with van der Waals surface area (Å²) in [7, 11) is 3.61. The molecule has 0 aromatic heterocycles. The molecule has 136 valence electrons. The largest absolute Gasteiger partial charge is 0.372 e. The lowest BCUT2D eigenvalue weighted by molar-refractivity contribution is -0.229. The molecule has 3 nitrogen and oxygen atoms in total.